The van der Waals surface area contributed by atoms with Gasteiger partial charge in [0.05, 0.1) is 28.9 Å². The minimum Gasteiger partial charge on any atom is -0.493 e. The van der Waals surface area contributed by atoms with Gasteiger partial charge in [-0.1, -0.05) is 0 Å². The van der Waals surface area contributed by atoms with Gasteiger partial charge < -0.3 is 23.5 Å². The van der Waals surface area contributed by atoms with Crippen LogP contribution in [0.2, 0.25) is 0 Å². The molecule has 3 aromatic rings. The van der Waals surface area contributed by atoms with Gasteiger partial charge in [0, 0.05) is 17.5 Å². The van der Waals surface area contributed by atoms with E-state index in [1.54, 1.807) is 16.7 Å². The van der Waals surface area contributed by atoms with Crippen LogP contribution in [0.5, 0.6) is 23.0 Å². The first-order chi connectivity index (χ1) is 16.3. The molecule has 2 aliphatic rings. The lowest BCUT2D eigenvalue weighted by molar-refractivity contribution is 0.174. The van der Waals surface area contributed by atoms with Gasteiger partial charge in [-0.2, -0.15) is 8.42 Å². The van der Waals surface area contributed by atoms with Gasteiger partial charge in [-0.3, -0.25) is 8.98 Å². The van der Waals surface area contributed by atoms with E-state index in [9.17, 15) is 13.2 Å². The van der Waals surface area contributed by atoms with Crippen molar-refractivity contribution in [2.75, 3.05) is 33.4 Å². The van der Waals surface area contributed by atoms with Crippen LogP contribution in [0.1, 0.15) is 12.0 Å². The number of pyridine rings is 1. The van der Waals surface area contributed by atoms with Crippen LogP contribution in [0.4, 0.5) is 0 Å². The first kappa shape index (κ1) is 23.0. The van der Waals surface area contributed by atoms with Gasteiger partial charge in [0.25, 0.3) is 15.7 Å². The number of hydrogen-bond donors (Lipinski definition) is 0. The molecular formula is C23H22BrNO8S. The molecule has 0 N–H and O–H groups in total. The number of halogens is 1. The highest BCUT2D eigenvalue weighted by atomic mass is 79.9. The largest absolute Gasteiger partial charge is 0.493 e. The number of rotatable bonds is 6. The molecule has 5 rings (SSSR count). The summed E-state index contributed by atoms with van der Waals surface area (Å²) in [5.41, 5.74) is 2.53. The number of nitrogens with zero attached hydrogens (tertiary/aromatic N) is 1. The maximum atomic E-state index is 13.8. The van der Waals surface area contributed by atoms with Crippen LogP contribution in [-0.2, 0) is 27.3 Å². The van der Waals surface area contributed by atoms with Crippen molar-refractivity contribution in [2.24, 2.45) is 0 Å². The number of benzene rings is 2. The van der Waals surface area contributed by atoms with Crippen LogP contribution in [-0.4, -0.2) is 46.4 Å². The maximum Gasteiger partial charge on any atom is 0.264 e. The third kappa shape index (κ3) is 4.01. The van der Waals surface area contributed by atoms with Crippen molar-refractivity contribution < 1.29 is 31.5 Å². The monoisotopic (exact) mass is 551 g/mol. The van der Waals surface area contributed by atoms with E-state index in [0.717, 1.165) is 40.4 Å². The summed E-state index contributed by atoms with van der Waals surface area (Å²) in [6.07, 6.45) is 2.51. The number of ether oxygens (including phenoxy) is 4. The zero-order valence-corrected chi connectivity index (χ0v) is 21.0. The lowest BCUT2D eigenvalue weighted by Crippen LogP contribution is -2.23. The van der Waals surface area contributed by atoms with Crippen molar-refractivity contribution >= 4 is 36.8 Å². The van der Waals surface area contributed by atoms with E-state index in [1.807, 2.05) is 12.1 Å². The molecule has 2 aliphatic heterocycles. The molecule has 0 unspecified atom stereocenters. The number of methoxy groups -OCH3 is 1. The number of aryl methyl sites for hydroxylation is 1. The molecule has 0 radical (unpaired) electrons. The molecule has 11 heteroatoms. The molecule has 3 heterocycles. The Morgan fingerprint density at radius 3 is 2.65 bits per heavy atom. The molecular weight excluding hydrogens is 530 g/mol. The summed E-state index contributed by atoms with van der Waals surface area (Å²) in [5, 5.41) is 1.00. The first-order valence-corrected chi connectivity index (χ1v) is 13.2. The van der Waals surface area contributed by atoms with Gasteiger partial charge in [0.15, 0.2) is 23.0 Å². The summed E-state index contributed by atoms with van der Waals surface area (Å²) >= 11 is 3.74. The Morgan fingerprint density at radius 1 is 1.15 bits per heavy atom. The lowest BCUT2D eigenvalue weighted by atomic mass is 9.99. The Labute approximate surface area is 204 Å². The highest BCUT2D eigenvalue weighted by Gasteiger charge is 2.27. The van der Waals surface area contributed by atoms with E-state index in [2.05, 4.69) is 15.9 Å². The van der Waals surface area contributed by atoms with Crippen LogP contribution in [0.3, 0.4) is 0 Å². The molecule has 0 amide bonds. The molecule has 0 bridgehead atoms. The third-order valence-electron chi connectivity index (χ3n) is 5.82. The zero-order chi connectivity index (χ0) is 24.0. The van der Waals surface area contributed by atoms with Crippen molar-refractivity contribution in [1.82, 2.24) is 4.57 Å². The van der Waals surface area contributed by atoms with E-state index in [1.165, 1.54) is 7.11 Å². The Kier molecular flexibility index (Phi) is 5.95. The molecule has 0 atom stereocenters. The van der Waals surface area contributed by atoms with E-state index in [0.29, 0.717) is 34.6 Å². The normalized spacial score (nSPS) is 14.4. The van der Waals surface area contributed by atoms with Gasteiger partial charge in [-0.15, -0.1) is 0 Å². The minimum atomic E-state index is -3.60. The van der Waals surface area contributed by atoms with Gasteiger partial charge in [-0.25, -0.2) is 0 Å². The second-order valence-electron chi connectivity index (χ2n) is 7.98. The Morgan fingerprint density at radius 2 is 1.91 bits per heavy atom. The number of hydrogen-bond acceptors (Lipinski definition) is 8. The van der Waals surface area contributed by atoms with Gasteiger partial charge >= 0.3 is 0 Å². The Balaban J connectivity index is 1.68. The zero-order valence-electron chi connectivity index (χ0n) is 18.6. The summed E-state index contributed by atoms with van der Waals surface area (Å²) in [7, 11) is -2.12. The summed E-state index contributed by atoms with van der Waals surface area (Å²) in [6, 6.07) is 7.43. The molecule has 1 aromatic heterocycles. The summed E-state index contributed by atoms with van der Waals surface area (Å²) in [6.45, 7) is 0.422. The quantitative estimate of drug-likeness (QED) is 0.339. The molecule has 0 spiro atoms. The molecule has 0 aliphatic carbocycles. The molecule has 34 heavy (non-hydrogen) atoms. The topological polar surface area (TPSA) is 102 Å². The van der Waals surface area contributed by atoms with Crippen molar-refractivity contribution in [3.63, 3.8) is 0 Å². The third-order valence-corrected chi connectivity index (χ3v) is 7.22. The predicted octanol–water partition coefficient (Wildman–Crippen LogP) is 3.47. The predicted molar refractivity (Wildman–Crippen MR) is 129 cm³/mol. The van der Waals surface area contributed by atoms with Gasteiger partial charge in [0.2, 0.25) is 6.79 Å². The smallest absolute Gasteiger partial charge is 0.264 e. The van der Waals surface area contributed by atoms with Crippen LogP contribution in [0, 0.1) is 0 Å². The Bertz CT molecular complexity index is 1460. The summed E-state index contributed by atoms with van der Waals surface area (Å²) in [5.74, 6) is 1.97. The van der Waals surface area contributed by atoms with E-state index in [-0.39, 0.29) is 31.3 Å². The first-order valence-electron chi connectivity index (χ1n) is 10.6. The lowest BCUT2D eigenvalue weighted by Gasteiger charge is -2.19. The summed E-state index contributed by atoms with van der Waals surface area (Å²) in [4.78, 5) is 13.8. The molecule has 0 fully saturated rings. The fourth-order valence-corrected chi connectivity index (χ4v) is 5.52. The SMILES string of the molecule is COc1ccc2c(Br)c3n(c(=O)c2c1OCCOS(C)(=O)=O)CCCc1cc2c(cc1-3)OCO2. The van der Waals surface area contributed by atoms with Crippen molar-refractivity contribution in [3.8, 4) is 34.3 Å². The van der Waals surface area contributed by atoms with Gasteiger partial charge in [-0.05, 0) is 58.6 Å². The molecule has 180 valence electrons. The van der Waals surface area contributed by atoms with Crippen LogP contribution < -0.4 is 24.5 Å². The highest BCUT2D eigenvalue weighted by Crippen LogP contribution is 2.45. The summed E-state index contributed by atoms with van der Waals surface area (Å²) < 4.78 is 52.2. The number of aromatic nitrogens is 1. The average molecular weight is 552 g/mol. The number of fused-ring (bicyclic) bond motifs is 5. The molecule has 2 aromatic carbocycles. The van der Waals surface area contributed by atoms with E-state index in [4.69, 9.17) is 23.1 Å². The van der Waals surface area contributed by atoms with E-state index >= 15 is 0 Å². The standard InChI is InChI=1S/C23H22BrNO8S/c1-29-16-6-5-14-19(22(16)30-8-9-33-34(2,27)28)23(26)25-7-3-4-13-10-17-18(32-12-31-17)11-15(13)21(25)20(14)24/h5-6,10-11H,3-4,7-9,12H2,1-2H3. The molecule has 0 saturated heterocycles. The Hall–Kier alpha value is -2.76. The fourth-order valence-electron chi connectivity index (χ4n) is 4.39. The highest BCUT2D eigenvalue weighted by molar-refractivity contribution is 9.10. The van der Waals surface area contributed by atoms with Gasteiger partial charge in [0.1, 0.15) is 13.2 Å². The van der Waals surface area contributed by atoms with Crippen molar-refractivity contribution in [3.05, 3.63) is 44.7 Å². The van der Waals surface area contributed by atoms with Crippen LogP contribution in [0.25, 0.3) is 22.0 Å². The minimum absolute atomic E-state index is 0.0757. The van der Waals surface area contributed by atoms with Crippen molar-refractivity contribution in [2.45, 2.75) is 19.4 Å². The van der Waals surface area contributed by atoms with Crippen LogP contribution >= 0.6 is 15.9 Å². The average Bonchev–Trinajstić information content (AvgIpc) is 3.17. The maximum absolute atomic E-state index is 13.8. The van der Waals surface area contributed by atoms with Crippen molar-refractivity contribution in [1.29, 1.82) is 0 Å². The fraction of sp³-hybridized carbons (Fsp3) is 0.348. The molecule has 0 saturated carbocycles. The second-order valence-corrected chi connectivity index (χ2v) is 10.4. The van der Waals surface area contributed by atoms with Crippen LogP contribution in [0.15, 0.2) is 33.5 Å². The second kappa shape index (κ2) is 8.79. The van der Waals surface area contributed by atoms with E-state index < -0.39 is 10.1 Å². The molecule has 9 nitrogen and oxygen atoms in total.